The number of aryl methyl sites for hydroxylation is 1. The number of fused-ring (bicyclic) bond motifs is 1. The van der Waals surface area contributed by atoms with Gasteiger partial charge in [-0.1, -0.05) is 12.1 Å². The van der Waals surface area contributed by atoms with Crippen LogP contribution in [0.15, 0.2) is 24.3 Å². The molecule has 1 aromatic heterocycles. The Bertz CT molecular complexity index is 845. The molecule has 4 rings (SSSR count). The summed E-state index contributed by atoms with van der Waals surface area (Å²) < 4.78 is 11.5. The topological polar surface area (TPSA) is 94.8 Å². The normalized spacial score (nSPS) is 23.0. The average Bonchev–Trinajstić information content (AvgIpc) is 3.24. The lowest BCUT2D eigenvalue weighted by Crippen LogP contribution is -2.31. The summed E-state index contributed by atoms with van der Waals surface area (Å²) >= 11 is 0. The minimum atomic E-state index is -0.675. The highest BCUT2D eigenvalue weighted by atomic mass is 16.5. The minimum absolute atomic E-state index is 0.0615. The van der Waals surface area contributed by atoms with Crippen molar-refractivity contribution >= 4 is 5.90 Å². The van der Waals surface area contributed by atoms with E-state index in [4.69, 9.17) is 14.9 Å². The van der Waals surface area contributed by atoms with Crippen molar-refractivity contribution in [2.45, 2.75) is 44.6 Å². The molecule has 128 valence electrons. The van der Waals surface area contributed by atoms with Crippen molar-refractivity contribution in [3.8, 4) is 17.7 Å². The number of benzene rings is 1. The fourth-order valence-corrected chi connectivity index (χ4v) is 3.82. The number of nitriles is 1. The van der Waals surface area contributed by atoms with E-state index >= 15 is 0 Å². The third-order valence-electron chi connectivity index (χ3n) is 5.05. The molecule has 0 radical (unpaired) electrons. The van der Waals surface area contributed by atoms with Crippen LogP contribution in [0.5, 0.6) is 11.6 Å². The van der Waals surface area contributed by atoms with Crippen LogP contribution in [-0.4, -0.2) is 22.2 Å². The zero-order valence-corrected chi connectivity index (χ0v) is 14.1. The zero-order chi connectivity index (χ0) is 17.4. The zero-order valence-electron chi connectivity index (χ0n) is 14.1. The third kappa shape index (κ3) is 2.76. The minimum Gasteiger partial charge on any atom is -0.490 e. The summed E-state index contributed by atoms with van der Waals surface area (Å²) in [6, 6.07) is 10.1. The lowest BCUT2D eigenvalue weighted by atomic mass is 9.79. The third-order valence-corrected chi connectivity index (χ3v) is 5.05. The van der Waals surface area contributed by atoms with Crippen LogP contribution in [0.25, 0.3) is 0 Å². The van der Waals surface area contributed by atoms with Gasteiger partial charge in [0, 0.05) is 17.2 Å². The number of ether oxygens (including phenoxy) is 2. The molecule has 6 nitrogen and oxygen atoms in total. The van der Waals surface area contributed by atoms with Gasteiger partial charge in [-0.15, -0.1) is 5.10 Å². The lowest BCUT2D eigenvalue weighted by molar-refractivity contribution is 0.209. The Balaban J connectivity index is 1.73. The highest BCUT2D eigenvalue weighted by molar-refractivity contribution is 5.84. The predicted octanol–water partition coefficient (Wildman–Crippen LogP) is 3.68. The molecule has 2 atom stereocenters. The van der Waals surface area contributed by atoms with Gasteiger partial charge in [-0.25, -0.2) is 0 Å². The molecule has 25 heavy (non-hydrogen) atoms. The van der Waals surface area contributed by atoms with E-state index in [1.165, 1.54) is 12.8 Å². The number of nitrogens with one attached hydrogen (secondary N) is 2. The summed E-state index contributed by atoms with van der Waals surface area (Å²) in [4.78, 5) is 0. The summed E-state index contributed by atoms with van der Waals surface area (Å²) in [7, 11) is 0. The van der Waals surface area contributed by atoms with Crippen LogP contribution in [0.2, 0.25) is 0 Å². The first-order valence-electron chi connectivity index (χ1n) is 8.64. The molecule has 1 saturated carbocycles. The van der Waals surface area contributed by atoms with E-state index in [9.17, 15) is 5.26 Å². The van der Waals surface area contributed by atoms with Crippen molar-refractivity contribution in [2.24, 2.45) is 5.92 Å². The van der Waals surface area contributed by atoms with Gasteiger partial charge in [0.05, 0.1) is 12.2 Å². The van der Waals surface area contributed by atoms with Gasteiger partial charge in [-0.05, 0) is 50.3 Å². The summed E-state index contributed by atoms with van der Waals surface area (Å²) in [5, 5.41) is 24.7. The Hall–Kier alpha value is -2.81. The van der Waals surface area contributed by atoms with Gasteiger partial charge >= 0.3 is 0 Å². The number of aromatic amines is 1. The van der Waals surface area contributed by atoms with Crippen LogP contribution in [0, 0.1) is 29.6 Å². The van der Waals surface area contributed by atoms with Crippen LogP contribution >= 0.6 is 0 Å². The van der Waals surface area contributed by atoms with E-state index < -0.39 is 5.92 Å². The fraction of sp³-hybridized carbons (Fsp3) is 0.421. The molecule has 0 bridgehead atoms. The van der Waals surface area contributed by atoms with E-state index in [0.29, 0.717) is 5.88 Å². The highest BCUT2D eigenvalue weighted by Crippen LogP contribution is 2.43. The standard InChI is InChI=1S/C19H20N4O2/c1-11-16-17(15(10-20)18(21)25-19(16)23-22-11)12-5-4-8-14(9-12)24-13-6-2-3-7-13/h4-5,8-9,13,15,17,21H,2-3,6-7H2,1H3,(H,22,23). The van der Waals surface area contributed by atoms with Gasteiger partial charge in [0.2, 0.25) is 11.8 Å². The summed E-state index contributed by atoms with van der Waals surface area (Å²) in [6.07, 6.45) is 4.90. The Labute approximate surface area is 146 Å². The molecule has 1 aliphatic carbocycles. The number of hydrogen-bond acceptors (Lipinski definition) is 5. The van der Waals surface area contributed by atoms with Gasteiger partial charge in [-0.2, -0.15) is 5.26 Å². The SMILES string of the molecule is Cc1[nH]nc2c1C(c1cccc(OC3CCCC3)c1)C(C#N)C(=N)O2. The first-order chi connectivity index (χ1) is 12.2. The molecule has 2 aromatic rings. The average molecular weight is 336 g/mol. The summed E-state index contributed by atoms with van der Waals surface area (Å²) in [5.74, 6) is 0.189. The molecule has 1 fully saturated rings. The Morgan fingerprint density at radius 1 is 1.36 bits per heavy atom. The molecule has 1 aromatic carbocycles. The molecule has 2 unspecified atom stereocenters. The van der Waals surface area contributed by atoms with Crippen LogP contribution in [0.3, 0.4) is 0 Å². The van der Waals surface area contributed by atoms with Crippen LogP contribution in [0.1, 0.15) is 48.4 Å². The van der Waals surface area contributed by atoms with Crippen molar-refractivity contribution in [1.82, 2.24) is 10.2 Å². The number of aromatic nitrogens is 2. The van der Waals surface area contributed by atoms with E-state index in [1.54, 1.807) is 0 Å². The molecule has 2 heterocycles. The van der Waals surface area contributed by atoms with Crippen molar-refractivity contribution in [3.05, 3.63) is 41.1 Å². The lowest BCUT2D eigenvalue weighted by Gasteiger charge is -2.28. The molecule has 2 aliphatic rings. The van der Waals surface area contributed by atoms with Crippen LogP contribution in [-0.2, 0) is 0 Å². The largest absolute Gasteiger partial charge is 0.490 e. The van der Waals surface area contributed by atoms with Crippen molar-refractivity contribution in [2.75, 3.05) is 0 Å². The first-order valence-corrected chi connectivity index (χ1v) is 8.64. The second-order valence-corrected chi connectivity index (χ2v) is 6.71. The van der Waals surface area contributed by atoms with Gasteiger partial charge in [-0.3, -0.25) is 10.5 Å². The summed E-state index contributed by atoms with van der Waals surface area (Å²) in [5.41, 5.74) is 2.65. The molecule has 0 amide bonds. The Morgan fingerprint density at radius 2 is 2.16 bits per heavy atom. The van der Waals surface area contributed by atoms with E-state index in [1.807, 2.05) is 31.2 Å². The second-order valence-electron chi connectivity index (χ2n) is 6.71. The smallest absolute Gasteiger partial charge is 0.243 e. The quantitative estimate of drug-likeness (QED) is 0.894. The van der Waals surface area contributed by atoms with Crippen LogP contribution in [0.4, 0.5) is 0 Å². The van der Waals surface area contributed by atoms with Crippen molar-refractivity contribution < 1.29 is 9.47 Å². The Morgan fingerprint density at radius 3 is 2.92 bits per heavy atom. The van der Waals surface area contributed by atoms with Crippen LogP contribution < -0.4 is 9.47 Å². The monoisotopic (exact) mass is 336 g/mol. The molecule has 2 N–H and O–H groups in total. The van der Waals surface area contributed by atoms with Crippen molar-refractivity contribution in [3.63, 3.8) is 0 Å². The van der Waals surface area contributed by atoms with Gasteiger partial charge in [0.1, 0.15) is 11.7 Å². The molecule has 0 saturated heterocycles. The summed E-state index contributed by atoms with van der Waals surface area (Å²) in [6.45, 7) is 1.91. The fourth-order valence-electron chi connectivity index (χ4n) is 3.82. The van der Waals surface area contributed by atoms with Gasteiger partial charge < -0.3 is 9.47 Å². The Kier molecular flexibility index (Phi) is 3.92. The van der Waals surface area contributed by atoms with E-state index in [2.05, 4.69) is 16.3 Å². The molecular weight excluding hydrogens is 316 g/mol. The maximum Gasteiger partial charge on any atom is 0.243 e. The number of hydrogen-bond donors (Lipinski definition) is 2. The predicted molar refractivity (Wildman–Crippen MR) is 92.0 cm³/mol. The number of nitrogens with zero attached hydrogens (tertiary/aromatic N) is 2. The molecule has 0 spiro atoms. The second kappa shape index (κ2) is 6.25. The maximum atomic E-state index is 9.61. The van der Waals surface area contributed by atoms with E-state index in [0.717, 1.165) is 35.4 Å². The molecular formula is C19H20N4O2. The molecule has 1 aliphatic heterocycles. The van der Waals surface area contributed by atoms with Gasteiger partial charge in [0.25, 0.3) is 0 Å². The molecule has 6 heteroatoms. The number of H-pyrrole nitrogens is 1. The van der Waals surface area contributed by atoms with Gasteiger partial charge in [0.15, 0.2) is 0 Å². The highest BCUT2D eigenvalue weighted by Gasteiger charge is 2.39. The maximum absolute atomic E-state index is 9.61. The van der Waals surface area contributed by atoms with E-state index in [-0.39, 0.29) is 17.9 Å². The van der Waals surface area contributed by atoms with Crippen molar-refractivity contribution in [1.29, 1.82) is 10.7 Å². The first kappa shape index (κ1) is 15.7. The number of rotatable bonds is 3.